The molecule has 1 N–H and O–H groups in total. The van der Waals surface area contributed by atoms with Gasteiger partial charge in [0.25, 0.3) is 0 Å². The average Bonchev–Trinajstić information content (AvgIpc) is 3.28. The summed E-state index contributed by atoms with van der Waals surface area (Å²) in [7, 11) is 0. The standard InChI is InChI=1S/C23H29N5O2/c1-15-11-21-24-12-19(28(21)13-16(15)2)18-7-6-8-20(26-18)25-17-9-10-27(14-17)22(29)30-23(3,4)5/h6-8,11-13,17H,9-10,14H2,1-5H3,(H,25,26). The summed E-state index contributed by atoms with van der Waals surface area (Å²) in [5.74, 6) is 0.794. The molecule has 0 radical (unpaired) electrons. The van der Waals surface area contributed by atoms with Crippen LogP contribution in [0.15, 0.2) is 36.7 Å². The van der Waals surface area contributed by atoms with Gasteiger partial charge in [-0.2, -0.15) is 0 Å². The average molecular weight is 408 g/mol. The summed E-state index contributed by atoms with van der Waals surface area (Å²) in [5.41, 5.74) is 4.68. The fourth-order valence-electron chi connectivity index (χ4n) is 3.65. The van der Waals surface area contributed by atoms with Crippen LogP contribution in [0.2, 0.25) is 0 Å². The van der Waals surface area contributed by atoms with Gasteiger partial charge in [0.05, 0.1) is 17.6 Å². The molecular weight excluding hydrogens is 378 g/mol. The van der Waals surface area contributed by atoms with E-state index in [1.54, 1.807) is 4.90 Å². The van der Waals surface area contributed by atoms with E-state index >= 15 is 0 Å². The van der Waals surface area contributed by atoms with Crippen LogP contribution in [0.3, 0.4) is 0 Å². The van der Waals surface area contributed by atoms with E-state index in [4.69, 9.17) is 9.72 Å². The molecule has 1 saturated heterocycles. The van der Waals surface area contributed by atoms with E-state index in [1.165, 1.54) is 11.1 Å². The molecule has 1 aliphatic heterocycles. The zero-order chi connectivity index (χ0) is 21.5. The Labute approximate surface area is 177 Å². The highest BCUT2D eigenvalue weighted by Crippen LogP contribution is 2.24. The Kier molecular flexibility index (Phi) is 5.13. The summed E-state index contributed by atoms with van der Waals surface area (Å²) < 4.78 is 7.56. The highest BCUT2D eigenvalue weighted by atomic mass is 16.6. The number of fused-ring (bicyclic) bond motifs is 1. The number of amides is 1. The maximum absolute atomic E-state index is 12.3. The fourth-order valence-corrected chi connectivity index (χ4v) is 3.65. The molecule has 1 unspecified atom stereocenters. The second-order valence-electron chi connectivity index (χ2n) is 8.98. The Morgan fingerprint density at radius 2 is 2.03 bits per heavy atom. The molecule has 158 valence electrons. The number of anilines is 1. The predicted octanol–water partition coefficient (Wildman–Crippen LogP) is 4.43. The van der Waals surface area contributed by atoms with E-state index in [0.29, 0.717) is 13.1 Å². The number of nitrogens with one attached hydrogen (secondary N) is 1. The smallest absolute Gasteiger partial charge is 0.410 e. The van der Waals surface area contributed by atoms with Crippen LogP contribution in [0, 0.1) is 13.8 Å². The third-order valence-corrected chi connectivity index (χ3v) is 5.32. The lowest BCUT2D eigenvalue weighted by Gasteiger charge is -2.24. The molecule has 7 heteroatoms. The first-order valence-corrected chi connectivity index (χ1v) is 10.4. The molecule has 3 aromatic heterocycles. The topological polar surface area (TPSA) is 71.8 Å². The van der Waals surface area contributed by atoms with E-state index < -0.39 is 5.60 Å². The predicted molar refractivity (Wildman–Crippen MR) is 118 cm³/mol. The van der Waals surface area contributed by atoms with Crippen molar-refractivity contribution in [1.82, 2.24) is 19.3 Å². The summed E-state index contributed by atoms with van der Waals surface area (Å²) in [5, 5.41) is 3.47. The first-order valence-electron chi connectivity index (χ1n) is 10.4. The summed E-state index contributed by atoms with van der Waals surface area (Å²) in [6.45, 7) is 11.1. The van der Waals surface area contributed by atoms with Gasteiger partial charge in [0.2, 0.25) is 0 Å². The van der Waals surface area contributed by atoms with E-state index in [9.17, 15) is 4.79 Å². The Morgan fingerprint density at radius 3 is 2.80 bits per heavy atom. The minimum Gasteiger partial charge on any atom is -0.444 e. The van der Waals surface area contributed by atoms with E-state index in [0.717, 1.165) is 29.3 Å². The van der Waals surface area contributed by atoms with Crippen molar-refractivity contribution in [2.75, 3.05) is 18.4 Å². The van der Waals surface area contributed by atoms with Gasteiger partial charge in [-0.05, 0) is 70.4 Å². The summed E-state index contributed by atoms with van der Waals surface area (Å²) in [6.07, 6.45) is 4.56. The van der Waals surface area contributed by atoms with Crippen LogP contribution in [0.25, 0.3) is 17.0 Å². The normalized spacial score (nSPS) is 16.8. The molecule has 7 nitrogen and oxygen atoms in total. The molecule has 4 rings (SSSR count). The molecule has 30 heavy (non-hydrogen) atoms. The Bertz CT molecular complexity index is 1080. The Morgan fingerprint density at radius 1 is 1.23 bits per heavy atom. The maximum atomic E-state index is 12.3. The van der Waals surface area contributed by atoms with Crippen LogP contribution >= 0.6 is 0 Å². The van der Waals surface area contributed by atoms with Crippen LogP contribution in [0.4, 0.5) is 10.6 Å². The molecule has 1 aliphatic rings. The zero-order valence-corrected chi connectivity index (χ0v) is 18.3. The molecule has 0 aliphatic carbocycles. The van der Waals surface area contributed by atoms with Gasteiger partial charge < -0.3 is 15.0 Å². The molecular formula is C23H29N5O2. The lowest BCUT2D eigenvalue weighted by atomic mass is 10.2. The molecule has 1 fully saturated rings. The van der Waals surface area contributed by atoms with Crippen LogP contribution in [0.1, 0.15) is 38.3 Å². The van der Waals surface area contributed by atoms with Crippen molar-refractivity contribution in [3.05, 3.63) is 47.8 Å². The van der Waals surface area contributed by atoms with Gasteiger partial charge in [-0.25, -0.2) is 14.8 Å². The van der Waals surface area contributed by atoms with Crippen LogP contribution < -0.4 is 5.32 Å². The third kappa shape index (κ3) is 4.25. The summed E-state index contributed by atoms with van der Waals surface area (Å²) >= 11 is 0. The molecule has 1 amide bonds. The second kappa shape index (κ2) is 7.63. The SMILES string of the molecule is Cc1cc2ncc(-c3cccc(NC4CCN(C(=O)OC(C)(C)C)C4)n3)n2cc1C. The molecule has 1 atom stereocenters. The molecule has 0 aromatic carbocycles. The van der Waals surface area contributed by atoms with Crippen LogP contribution in [-0.2, 0) is 4.74 Å². The van der Waals surface area contributed by atoms with E-state index in [-0.39, 0.29) is 12.1 Å². The highest BCUT2D eigenvalue weighted by molar-refractivity contribution is 5.69. The lowest BCUT2D eigenvalue weighted by Crippen LogP contribution is -2.36. The van der Waals surface area contributed by atoms with Crippen LogP contribution in [0.5, 0.6) is 0 Å². The fraction of sp³-hybridized carbons (Fsp3) is 0.435. The summed E-state index contributed by atoms with van der Waals surface area (Å²) in [6, 6.07) is 8.17. The van der Waals surface area contributed by atoms with Crippen LogP contribution in [-0.4, -0.2) is 50.1 Å². The minimum absolute atomic E-state index is 0.146. The van der Waals surface area contributed by atoms with Gasteiger partial charge >= 0.3 is 6.09 Å². The largest absolute Gasteiger partial charge is 0.444 e. The van der Waals surface area contributed by atoms with Crippen molar-refractivity contribution in [2.24, 2.45) is 0 Å². The Balaban J connectivity index is 1.49. The van der Waals surface area contributed by atoms with Crippen molar-refractivity contribution >= 4 is 17.6 Å². The lowest BCUT2D eigenvalue weighted by molar-refractivity contribution is 0.0293. The molecule has 0 spiro atoms. The van der Waals surface area contributed by atoms with Gasteiger partial charge in [0.15, 0.2) is 0 Å². The molecule has 0 bridgehead atoms. The second-order valence-corrected chi connectivity index (χ2v) is 8.98. The van der Waals surface area contributed by atoms with Gasteiger partial charge in [-0.15, -0.1) is 0 Å². The van der Waals surface area contributed by atoms with Crippen molar-refractivity contribution in [3.8, 4) is 11.4 Å². The first kappa shape index (κ1) is 20.2. The van der Waals surface area contributed by atoms with Crippen molar-refractivity contribution in [3.63, 3.8) is 0 Å². The number of pyridine rings is 2. The quantitative estimate of drug-likeness (QED) is 0.695. The Hall–Kier alpha value is -3.09. The number of carbonyl (C=O) groups excluding carboxylic acids is 1. The summed E-state index contributed by atoms with van der Waals surface area (Å²) in [4.78, 5) is 23.4. The monoisotopic (exact) mass is 407 g/mol. The molecule has 4 heterocycles. The van der Waals surface area contributed by atoms with Crippen molar-refractivity contribution in [2.45, 2.75) is 52.7 Å². The minimum atomic E-state index is -0.483. The number of imidazole rings is 1. The third-order valence-electron chi connectivity index (χ3n) is 5.32. The molecule has 3 aromatic rings. The number of rotatable bonds is 3. The number of carbonyl (C=O) groups is 1. The van der Waals surface area contributed by atoms with Gasteiger partial charge in [-0.3, -0.25) is 4.40 Å². The van der Waals surface area contributed by atoms with Gasteiger partial charge in [0, 0.05) is 25.3 Å². The van der Waals surface area contributed by atoms with E-state index in [1.807, 2.05) is 45.2 Å². The number of ether oxygens (including phenoxy) is 1. The number of likely N-dealkylation sites (tertiary alicyclic amines) is 1. The number of nitrogens with zero attached hydrogens (tertiary/aromatic N) is 4. The van der Waals surface area contributed by atoms with Crippen molar-refractivity contribution in [1.29, 1.82) is 0 Å². The van der Waals surface area contributed by atoms with Gasteiger partial charge in [0.1, 0.15) is 17.1 Å². The number of aromatic nitrogens is 3. The number of hydrogen-bond donors (Lipinski definition) is 1. The number of hydrogen-bond acceptors (Lipinski definition) is 5. The van der Waals surface area contributed by atoms with E-state index in [2.05, 4.69) is 40.8 Å². The van der Waals surface area contributed by atoms with Gasteiger partial charge in [-0.1, -0.05) is 6.07 Å². The first-order chi connectivity index (χ1) is 14.2. The molecule has 0 saturated carbocycles. The maximum Gasteiger partial charge on any atom is 0.410 e. The van der Waals surface area contributed by atoms with Crippen molar-refractivity contribution < 1.29 is 9.53 Å². The zero-order valence-electron chi connectivity index (χ0n) is 18.3. The number of aryl methyl sites for hydroxylation is 2. The highest BCUT2D eigenvalue weighted by Gasteiger charge is 2.29.